The van der Waals surface area contributed by atoms with Crippen molar-refractivity contribution in [3.63, 3.8) is 0 Å². The molecule has 1 aliphatic rings. The van der Waals surface area contributed by atoms with Crippen LogP contribution in [0.4, 0.5) is 4.79 Å². The molecule has 1 aromatic heterocycles. The average molecular weight is 225 g/mol. The summed E-state index contributed by atoms with van der Waals surface area (Å²) >= 11 is 0. The first-order valence-electron chi connectivity index (χ1n) is 4.75. The molecule has 0 atom stereocenters. The number of aromatic amines is 1. The van der Waals surface area contributed by atoms with Gasteiger partial charge in [-0.15, -0.1) is 0 Å². The largest absolute Gasteiger partial charge is 0.465 e. The van der Waals surface area contributed by atoms with Gasteiger partial charge >= 0.3 is 12.1 Å². The molecule has 1 amide bonds. The summed E-state index contributed by atoms with van der Waals surface area (Å²) in [6, 6.07) is 0. The van der Waals surface area contributed by atoms with Crippen molar-refractivity contribution in [1.29, 1.82) is 0 Å². The van der Waals surface area contributed by atoms with E-state index in [4.69, 9.17) is 5.11 Å². The van der Waals surface area contributed by atoms with E-state index in [1.54, 1.807) is 0 Å². The zero-order valence-corrected chi connectivity index (χ0v) is 8.69. The highest BCUT2D eigenvalue weighted by molar-refractivity contribution is 5.89. The minimum absolute atomic E-state index is 0.170. The molecule has 86 valence electrons. The van der Waals surface area contributed by atoms with Gasteiger partial charge in [-0.05, 0) is 0 Å². The lowest BCUT2D eigenvalue weighted by Crippen LogP contribution is -2.35. The molecule has 0 saturated carbocycles. The number of rotatable bonds is 1. The number of fused-ring (bicyclic) bond motifs is 1. The van der Waals surface area contributed by atoms with E-state index in [-0.39, 0.29) is 12.2 Å². The number of carboxylic acid groups (broad SMARTS) is 1. The average Bonchev–Trinajstić information content (AvgIpc) is 2.70. The van der Waals surface area contributed by atoms with Crippen LogP contribution in [0, 0.1) is 0 Å². The molecule has 1 aliphatic heterocycles. The second-order valence-electron chi connectivity index (χ2n) is 3.48. The molecule has 0 unspecified atom stereocenters. The van der Waals surface area contributed by atoms with Crippen LogP contribution < -0.4 is 0 Å². The van der Waals surface area contributed by atoms with Gasteiger partial charge in [-0.3, -0.25) is 5.10 Å². The molecule has 0 saturated heterocycles. The van der Waals surface area contributed by atoms with E-state index in [0.717, 1.165) is 5.69 Å². The number of H-pyrrole nitrogens is 1. The zero-order chi connectivity index (χ0) is 11.7. The quantitative estimate of drug-likeness (QED) is 0.667. The lowest BCUT2D eigenvalue weighted by Gasteiger charge is -2.23. The van der Waals surface area contributed by atoms with E-state index in [1.165, 1.54) is 12.0 Å². The Hall–Kier alpha value is -2.05. The number of carbonyl (C=O) groups is 2. The first-order chi connectivity index (χ1) is 7.63. The van der Waals surface area contributed by atoms with Crippen molar-refractivity contribution in [3.8, 4) is 0 Å². The number of hydrogen-bond acceptors (Lipinski definition) is 4. The Balaban J connectivity index is 2.31. The molecule has 16 heavy (non-hydrogen) atoms. The molecule has 7 heteroatoms. The number of nitrogens with one attached hydrogen (secondary N) is 1. The molecule has 2 rings (SSSR count). The molecule has 0 aromatic carbocycles. The molecule has 1 aromatic rings. The summed E-state index contributed by atoms with van der Waals surface area (Å²) in [5, 5.41) is 15.4. The molecule has 7 nitrogen and oxygen atoms in total. The second kappa shape index (κ2) is 3.84. The van der Waals surface area contributed by atoms with Crippen LogP contribution in [0.5, 0.6) is 0 Å². The summed E-state index contributed by atoms with van der Waals surface area (Å²) in [5.74, 6) is -0.551. The van der Waals surface area contributed by atoms with E-state index in [0.29, 0.717) is 18.5 Å². The highest BCUT2D eigenvalue weighted by Gasteiger charge is 2.27. The highest BCUT2D eigenvalue weighted by Crippen LogP contribution is 2.20. The van der Waals surface area contributed by atoms with E-state index in [2.05, 4.69) is 14.9 Å². The van der Waals surface area contributed by atoms with Crippen molar-refractivity contribution in [2.75, 3.05) is 13.7 Å². The first kappa shape index (κ1) is 10.5. The predicted octanol–water partition coefficient (Wildman–Crippen LogP) is 0.232. The van der Waals surface area contributed by atoms with Crippen LogP contribution in [0.25, 0.3) is 0 Å². The molecule has 0 radical (unpaired) electrons. The molecule has 2 heterocycles. The molecule has 0 bridgehead atoms. The first-order valence-corrected chi connectivity index (χ1v) is 4.75. The van der Waals surface area contributed by atoms with Crippen molar-refractivity contribution in [2.24, 2.45) is 0 Å². The second-order valence-corrected chi connectivity index (χ2v) is 3.48. The predicted molar refractivity (Wildman–Crippen MR) is 52.1 cm³/mol. The Morgan fingerprint density at radius 2 is 2.31 bits per heavy atom. The van der Waals surface area contributed by atoms with Gasteiger partial charge in [0.2, 0.25) is 0 Å². The Kier molecular flexibility index (Phi) is 2.51. The Morgan fingerprint density at radius 3 is 2.94 bits per heavy atom. The molecule has 2 N–H and O–H groups in total. The number of amides is 1. The van der Waals surface area contributed by atoms with Crippen molar-refractivity contribution in [1.82, 2.24) is 15.1 Å². The van der Waals surface area contributed by atoms with Gasteiger partial charge in [0.05, 0.1) is 13.7 Å². The lowest BCUT2D eigenvalue weighted by atomic mass is 10.1. The van der Waals surface area contributed by atoms with Crippen molar-refractivity contribution < 1.29 is 19.4 Å². The number of esters is 1. The zero-order valence-electron chi connectivity index (χ0n) is 8.69. The van der Waals surface area contributed by atoms with E-state index >= 15 is 0 Å². The standard InChI is InChI=1S/C9H11N3O4/c1-16-8(13)7-5-4-12(9(14)15)3-2-6(5)10-11-7/h2-4H2,1H3,(H,10,11)(H,14,15). The molecule has 0 fully saturated rings. The van der Waals surface area contributed by atoms with Crippen LogP contribution in [0.2, 0.25) is 0 Å². The number of nitrogens with zero attached hydrogens (tertiary/aromatic N) is 2. The third kappa shape index (κ3) is 1.60. The maximum atomic E-state index is 11.4. The smallest absolute Gasteiger partial charge is 0.407 e. The normalized spacial score (nSPS) is 14.4. The fourth-order valence-electron chi connectivity index (χ4n) is 1.72. The van der Waals surface area contributed by atoms with Crippen LogP contribution in [-0.2, 0) is 17.7 Å². The number of ether oxygens (including phenoxy) is 1. The van der Waals surface area contributed by atoms with E-state index in [9.17, 15) is 9.59 Å². The molecular formula is C9H11N3O4. The van der Waals surface area contributed by atoms with Gasteiger partial charge in [0.15, 0.2) is 5.69 Å². The van der Waals surface area contributed by atoms with Gasteiger partial charge in [0.1, 0.15) is 0 Å². The Bertz CT molecular complexity index is 440. The van der Waals surface area contributed by atoms with Crippen molar-refractivity contribution in [3.05, 3.63) is 17.0 Å². The van der Waals surface area contributed by atoms with Crippen LogP contribution in [0.1, 0.15) is 21.7 Å². The van der Waals surface area contributed by atoms with E-state index < -0.39 is 12.1 Å². The van der Waals surface area contributed by atoms with Crippen LogP contribution in [-0.4, -0.2) is 45.9 Å². The summed E-state index contributed by atoms with van der Waals surface area (Å²) in [4.78, 5) is 23.4. The Morgan fingerprint density at radius 1 is 1.56 bits per heavy atom. The lowest BCUT2D eigenvalue weighted by molar-refractivity contribution is 0.0590. The third-order valence-corrected chi connectivity index (χ3v) is 2.58. The van der Waals surface area contributed by atoms with Gasteiger partial charge in [-0.1, -0.05) is 0 Å². The van der Waals surface area contributed by atoms with Crippen LogP contribution in [0.3, 0.4) is 0 Å². The summed E-state index contributed by atoms with van der Waals surface area (Å²) in [6.07, 6.45) is -0.464. The van der Waals surface area contributed by atoms with Gasteiger partial charge < -0.3 is 14.7 Å². The van der Waals surface area contributed by atoms with Crippen LogP contribution >= 0.6 is 0 Å². The monoisotopic (exact) mass is 225 g/mol. The minimum Gasteiger partial charge on any atom is -0.465 e. The number of hydrogen-bond donors (Lipinski definition) is 2. The van der Waals surface area contributed by atoms with Gasteiger partial charge in [-0.2, -0.15) is 5.10 Å². The maximum Gasteiger partial charge on any atom is 0.407 e. The summed E-state index contributed by atoms with van der Waals surface area (Å²) in [6.45, 7) is 0.580. The van der Waals surface area contributed by atoms with Crippen molar-refractivity contribution >= 4 is 12.1 Å². The number of aromatic nitrogens is 2. The fraction of sp³-hybridized carbons (Fsp3) is 0.444. The van der Waals surface area contributed by atoms with Gasteiger partial charge in [-0.25, -0.2) is 9.59 Å². The molecule has 0 spiro atoms. The molecule has 0 aliphatic carbocycles. The SMILES string of the molecule is COC(=O)c1n[nH]c2c1CN(C(=O)O)CC2. The summed E-state index contributed by atoms with van der Waals surface area (Å²) in [5.41, 5.74) is 1.59. The maximum absolute atomic E-state index is 11.4. The summed E-state index contributed by atoms with van der Waals surface area (Å²) in [7, 11) is 1.27. The van der Waals surface area contributed by atoms with Gasteiger partial charge in [0.25, 0.3) is 0 Å². The molecular weight excluding hydrogens is 214 g/mol. The number of methoxy groups -OCH3 is 1. The Labute approximate surface area is 91.0 Å². The topological polar surface area (TPSA) is 95.5 Å². The van der Waals surface area contributed by atoms with E-state index in [1.807, 2.05) is 0 Å². The minimum atomic E-state index is -0.998. The van der Waals surface area contributed by atoms with Crippen molar-refractivity contribution in [2.45, 2.75) is 13.0 Å². The third-order valence-electron chi connectivity index (χ3n) is 2.58. The van der Waals surface area contributed by atoms with Crippen LogP contribution in [0.15, 0.2) is 0 Å². The van der Waals surface area contributed by atoms with Gasteiger partial charge in [0, 0.05) is 24.2 Å². The fourth-order valence-corrected chi connectivity index (χ4v) is 1.72. The highest BCUT2D eigenvalue weighted by atomic mass is 16.5. The number of carbonyl (C=O) groups excluding carboxylic acids is 1. The summed E-state index contributed by atoms with van der Waals surface area (Å²) < 4.78 is 4.57.